The van der Waals surface area contributed by atoms with Crippen molar-refractivity contribution in [2.24, 2.45) is 5.73 Å². The van der Waals surface area contributed by atoms with Crippen LogP contribution in [-0.4, -0.2) is 65.2 Å². The van der Waals surface area contributed by atoms with E-state index < -0.39 is 29.2 Å². The number of hydrogen-bond donors (Lipinski definition) is 5. The number of alkyl halides is 3. The van der Waals surface area contributed by atoms with Crippen LogP contribution >= 0.6 is 11.3 Å². The first-order valence-electron chi connectivity index (χ1n) is 11.7. The van der Waals surface area contributed by atoms with E-state index >= 15 is 0 Å². The zero-order valence-electron chi connectivity index (χ0n) is 19.5. The predicted molar refractivity (Wildman–Crippen MR) is 128 cm³/mol. The number of halogens is 3. The van der Waals surface area contributed by atoms with Crippen LogP contribution in [0.2, 0.25) is 0 Å². The van der Waals surface area contributed by atoms with Gasteiger partial charge in [0.15, 0.2) is 5.13 Å². The standard InChI is InChI=1S/C23H29F3N6O3S/c24-23(25,26)15-3-1-2-14(8-15)20(34)28-10-19(33)31-16-11-32(12-16)17-4-6-22(35,7-5-17)18-9-29-21(36-18)30-13-27/h1-3,8-9,16-17,35H,4-7,10-13,27H2,(H,28,34)(H,29,30)(H,31,33). The summed E-state index contributed by atoms with van der Waals surface area (Å²) in [5.41, 5.74) is 3.51. The molecule has 2 aromatic rings. The number of nitrogens with two attached hydrogens (primary N) is 1. The van der Waals surface area contributed by atoms with Crippen molar-refractivity contribution in [2.75, 3.05) is 31.6 Å². The molecular formula is C23H29F3N6O3S. The van der Waals surface area contributed by atoms with E-state index in [2.05, 4.69) is 25.8 Å². The molecule has 196 valence electrons. The van der Waals surface area contributed by atoms with Gasteiger partial charge in [-0.3, -0.25) is 14.5 Å². The first kappa shape index (κ1) is 26.3. The molecule has 13 heteroatoms. The Labute approximate surface area is 210 Å². The van der Waals surface area contributed by atoms with Gasteiger partial charge in [-0.25, -0.2) is 4.98 Å². The highest BCUT2D eigenvalue weighted by molar-refractivity contribution is 7.15. The Morgan fingerprint density at radius 3 is 2.64 bits per heavy atom. The van der Waals surface area contributed by atoms with Gasteiger partial charge >= 0.3 is 6.18 Å². The molecule has 0 radical (unpaired) electrons. The number of thiazole rings is 1. The number of carbonyl (C=O) groups is 2. The molecule has 1 aliphatic carbocycles. The van der Waals surface area contributed by atoms with Gasteiger partial charge in [0.05, 0.1) is 29.7 Å². The summed E-state index contributed by atoms with van der Waals surface area (Å²) in [5.74, 6) is -1.14. The van der Waals surface area contributed by atoms with E-state index in [1.165, 1.54) is 17.4 Å². The lowest BCUT2D eigenvalue weighted by Crippen LogP contribution is -2.63. The zero-order valence-corrected chi connectivity index (χ0v) is 20.3. The van der Waals surface area contributed by atoms with Gasteiger partial charge in [0.25, 0.3) is 5.91 Å². The van der Waals surface area contributed by atoms with Crippen LogP contribution in [0.4, 0.5) is 18.3 Å². The Kier molecular flexibility index (Phi) is 7.83. The molecule has 9 nitrogen and oxygen atoms in total. The van der Waals surface area contributed by atoms with Crippen molar-refractivity contribution < 1.29 is 27.9 Å². The normalized spacial score (nSPS) is 23.1. The molecule has 0 unspecified atom stereocenters. The second-order valence-corrected chi connectivity index (χ2v) is 10.2. The van der Waals surface area contributed by atoms with Crippen molar-refractivity contribution >= 4 is 28.3 Å². The maximum atomic E-state index is 12.8. The lowest BCUT2D eigenvalue weighted by atomic mass is 9.80. The van der Waals surface area contributed by atoms with Crippen LogP contribution in [0, 0.1) is 0 Å². The summed E-state index contributed by atoms with van der Waals surface area (Å²) in [5, 5.41) is 19.9. The zero-order chi connectivity index (χ0) is 25.9. The van der Waals surface area contributed by atoms with E-state index in [1.807, 2.05) is 0 Å². The number of nitrogens with one attached hydrogen (secondary N) is 3. The molecule has 1 aliphatic heterocycles. The Balaban J connectivity index is 1.17. The Bertz CT molecular complexity index is 1080. The predicted octanol–water partition coefficient (Wildman–Crippen LogP) is 1.85. The Hall–Kier alpha value is -2.74. The van der Waals surface area contributed by atoms with Gasteiger partial charge in [-0.15, -0.1) is 0 Å². The van der Waals surface area contributed by atoms with Gasteiger partial charge in [0.2, 0.25) is 5.91 Å². The molecule has 1 aromatic carbocycles. The number of carbonyl (C=O) groups excluding carboxylic acids is 2. The highest BCUT2D eigenvalue weighted by atomic mass is 32.1. The summed E-state index contributed by atoms with van der Waals surface area (Å²) in [4.78, 5) is 31.7. The first-order chi connectivity index (χ1) is 17.1. The molecule has 0 atom stereocenters. The lowest BCUT2D eigenvalue weighted by molar-refractivity contribution is -0.137. The van der Waals surface area contributed by atoms with Gasteiger partial charge in [-0.1, -0.05) is 17.4 Å². The minimum absolute atomic E-state index is 0.0600. The van der Waals surface area contributed by atoms with Crippen LogP contribution in [0.3, 0.4) is 0 Å². The van der Waals surface area contributed by atoms with E-state index in [0.717, 1.165) is 35.9 Å². The summed E-state index contributed by atoms with van der Waals surface area (Å²) in [6.07, 6.45) is 0.0367. The van der Waals surface area contributed by atoms with E-state index in [-0.39, 0.29) is 24.8 Å². The molecule has 2 amide bonds. The fourth-order valence-corrected chi connectivity index (χ4v) is 5.60. The lowest BCUT2D eigenvalue weighted by Gasteiger charge is -2.48. The van der Waals surface area contributed by atoms with Gasteiger partial charge in [0.1, 0.15) is 5.60 Å². The van der Waals surface area contributed by atoms with E-state index in [4.69, 9.17) is 5.73 Å². The third-order valence-electron chi connectivity index (χ3n) is 6.65. The minimum Gasteiger partial charge on any atom is -0.384 e. The van der Waals surface area contributed by atoms with E-state index in [1.54, 1.807) is 6.20 Å². The molecule has 4 rings (SSSR count). The molecule has 0 bridgehead atoms. The molecule has 6 N–H and O–H groups in total. The van der Waals surface area contributed by atoms with E-state index in [0.29, 0.717) is 37.1 Å². The van der Waals surface area contributed by atoms with Gasteiger partial charge in [-0.05, 0) is 43.9 Å². The van der Waals surface area contributed by atoms with Crippen molar-refractivity contribution in [1.29, 1.82) is 0 Å². The number of aliphatic hydroxyl groups is 1. The van der Waals surface area contributed by atoms with Crippen LogP contribution in [0.15, 0.2) is 30.5 Å². The Morgan fingerprint density at radius 1 is 1.25 bits per heavy atom. The Morgan fingerprint density at radius 2 is 1.97 bits per heavy atom. The number of hydrogen-bond acceptors (Lipinski definition) is 8. The highest BCUT2D eigenvalue weighted by Crippen LogP contribution is 2.42. The molecule has 0 spiro atoms. The minimum atomic E-state index is -4.55. The molecule has 2 aliphatic rings. The van der Waals surface area contributed by atoms with Crippen molar-refractivity contribution in [2.45, 2.75) is 49.5 Å². The molecule has 36 heavy (non-hydrogen) atoms. The van der Waals surface area contributed by atoms with Crippen LogP contribution in [0.25, 0.3) is 0 Å². The van der Waals surface area contributed by atoms with E-state index in [9.17, 15) is 27.9 Å². The first-order valence-corrected chi connectivity index (χ1v) is 12.5. The molecule has 2 fully saturated rings. The van der Waals surface area contributed by atoms with Crippen molar-refractivity contribution in [3.8, 4) is 0 Å². The average molecular weight is 527 g/mol. The third kappa shape index (κ3) is 6.14. The van der Waals surface area contributed by atoms with Gasteiger partial charge < -0.3 is 26.8 Å². The summed E-state index contributed by atoms with van der Waals surface area (Å²) in [7, 11) is 0. The molecule has 1 saturated carbocycles. The van der Waals surface area contributed by atoms with Crippen molar-refractivity contribution in [3.63, 3.8) is 0 Å². The fraction of sp³-hybridized carbons (Fsp3) is 0.522. The molecule has 1 saturated heterocycles. The van der Waals surface area contributed by atoms with Crippen molar-refractivity contribution in [3.05, 3.63) is 46.5 Å². The maximum Gasteiger partial charge on any atom is 0.416 e. The summed E-state index contributed by atoms with van der Waals surface area (Å²) in [6, 6.07) is 4.31. The number of amides is 2. The third-order valence-corrected chi connectivity index (χ3v) is 7.80. The largest absolute Gasteiger partial charge is 0.416 e. The fourth-order valence-electron chi connectivity index (χ4n) is 4.63. The van der Waals surface area contributed by atoms with Crippen molar-refractivity contribution in [1.82, 2.24) is 20.5 Å². The van der Waals surface area contributed by atoms with Crippen LogP contribution in [-0.2, 0) is 16.6 Å². The maximum absolute atomic E-state index is 12.8. The molecule has 2 heterocycles. The number of rotatable bonds is 8. The van der Waals surface area contributed by atoms with Gasteiger partial charge in [-0.2, -0.15) is 13.2 Å². The van der Waals surface area contributed by atoms with Gasteiger partial charge in [0, 0.05) is 30.9 Å². The summed E-state index contributed by atoms with van der Waals surface area (Å²) < 4.78 is 38.5. The molecule has 1 aromatic heterocycles. The van der Waals surface area contributed by atoms with Crippen LogP contribution < -0.4 is 21.7 Å². The number of nitrogens with zero attached hydrogens (tertiary/aromatic N) is 2. The SMILES string of the molecule is NCNc1ncc(C2(O)CCC(N3CC(NC(=O)CNC(=O)c4cccc(C(F)(F)F)c4)C3)CC2)s1. The average Bonchev–Trinajstić information content (AvgIpc) is 3.30. The second-order valence-electron chi connectivity index (χ2n) is 9.15. The van der Waals surface area contributed by atoms with Crippen LogP contribution in [0.5, 0.6) is 0 Å². The second kappa shape index (κ2) is 10.7. The van der Waals surface area contributed by atoms with Crippen LogP contribution in [0.1, 0.15) is 46.5 Å². The highest BCUT2D eigenvalue weighted by Gasteiger charge is 2.41. The smallest absolute Gasteiger partial charge is 0.384 e. The number of benzene rings is 1. The quantitative estimate of drug-likeness (QED) is 0.332. The summed E-state index contributed by atoms with van der Waals surface area (Å²) in [6.45, 7) is 1.29. The monoisotopic (exact) mass is 526 g/mol. The number of anilines is 1. The topological polar surface area (TPSA) is 133 Å². The number of aromatic nitrogens is 1. The summed E-state index contributed by atoms with van der Waals surface area (Å²) >= 11 is 1.41. The molecular weight excluding hydrogens is 497 g/mol. The number of likely N-dealkylation sites (tertiary alicyclic amines) is 1.